The fourth-order valence-corrected chi connectivity index (χ4v) is 2.16. The van der Waals surface area contributed by atoms with Crippen LogP contribution in [0.2, 0.25) is 0 Å². The van der Waals surface area contributed by atoms with E-state index in [4.69, 9.17) is 0 Å². The van der Waals surface area contributed by atoms with E-state index in [0.29, 0.717) is 5.92 Å². The maximum Gasteiger partial charge on any atom is 0.0793 e. The second-order valence-corrected chi connectivity index (χ2v) is 4.52. The average Bonchev–Trinajstić information content (AvgIpc) is 2.71. The number of nitrogens with one attached hydrogen (secondary N) is 1. The Kier molecular flexibility index (Phi) is 3.39. The Morgan fingerprint density at radius 1 is 1.40 bits per heavy atom. The first kappa shape index (κ1) is 10.7. The van der Waals surface area contributed by atoms with Gasteiger partial charge in [0.15, 0.2) is 0 Å². The van der Waals surface area contributed by atoms with Crippen molar-refractivity contribution in [2.75, 3.05) is 13.1 Å². The molecular formula is C13H19NO. The molecule has 15 heavy (non-hydrogen) atoms. The Bertz CT molecular complexity index is 301. The van der Waals surface area contributed by atoms with E-state index < -0.39 is 0 Å². The Hall–Kier alpha value is -0.860. The van der Waals surface area contributed by atoms with Gasteiger partial charge in [-0.25, -0.2) is 0 Å². The Morgan fingerprint density at radius 3 is 2.73 bits per heavy atom. The first-order valence-corrected chi connectivity index (χ1v) is 5.71. The van der Waals surface area contributed by atoms with Crippen LogP contribution in [0.4, 0.5) is 0 Å². The van der Waals surface area contributed by atoms with Gasteiger partial charge in [-0.1, -0.05) is 29.8 Å². The van der Waals surface area contributed by atoms with Crippen molar-refractivity contribution in [2.45, 2.75) is 25.9 Å². The summed E-state index contributed by atoms with van der Waals surface area (Å²) in [6.07, 6.45) is 1.79. The van der Waals surface area contributed by atoms with Crippen LogP contribution in [0.3, 0.4) is 0 Å². The third kappa shape index (κ3) is 2.80. The van der Waals surface area contributed by atoms with Crippen LogP contribution in [0.1, 0.15) is 30.1 Å². The van der Waals surface area contributed by atoms with Crippen molar-refractivity contribution < 1.29 is 5.11 Å². The van der Waals surface area contributed by atoms with E-state index in [1.54, 1.807) is 0 Å². The molecule has 1 aliphatic heterocycles. The summed E-state index contributed by atoms with van der Waals surface area (Å²) >= 11 is 0. The number of rotatable bonds is 3. The molecule has 82 valence electrons. The van der Waals surface area contributed by atoms with Gasteiger partial charge in [0.1, 0.15) is 0 Å². The monoisotopic (exact) mass is 205 g/mol. The summed E-state index contributed by atoms with van der Waals surface area (Å²) < 4.78 is 0. The first-order chi connectivity index (χ1) is 7.25. The highest BCUT2D eigenvalue weighted by Gasteiger charge is 2.19. The molecule has 0 aromatic heterocycles. The average molecular weight is 205 g/mol. The first-order valence-electron chi connectivity index (χ1n) is 5.71. The topological polar surface area (TPSA) is 32.3 Å². The Morgan fingerprint density at radius 2 is 2.13 bits per heavy atom. The smallest absolute Gasteiger partial charge is 0.0793 e. The molecule has 0 amide bonds. The van der Waals surface area contributed by atoms with Crippen LogP contribution < -0.4 is 5.32 Å². The zero-order chi connectivity index (χ0) is 10.7. The molecule has 0 aliphatic carbocycles. The van der Waals surface area contributed by atoms with Crippen LogP contribution in [0, 0.1) is 12.8 Å². The van der Waals surface area contributed by atoms with E-state index in [-0.39, 0.29) is 6.10 Å². The van der Waals surface area contributed by atoms with Gasteiger partial charge in [-0.3, -0.25) is 0 Å². The second kappa shape index (κ2) is 4.77. The number of benzene rings is 1. The molecule has 1 saturated heterocycles. The van der Waals surface area contributed by atoms with Crippen LogP contribution in [0.15, 0.2) is 24.3 Å². The van der Waals surface area contributed by atoms with Gasteiger partial charge in [-0.2, -0.15) is 0 Å². The molecule has 1 fully saturated rings. The van der Waals surface area contributed by atoms with Crippen molar-refractivity contribution in [1.82, 2.24) is 5.32 Å². The van der Waals surface area contributed by atoms with E-state index >= 15 is 0 Å². The van der Waals surface area contributed by atoms with Gasteiger partial charge in [-0.15, -0.1) is 0 Å². The lowest BCUT2D eigenvalue weighted by Gasteiger charge is -2.15. The van der Waals surface area contributed by atoms with E-state index in [9.17, 15) is 5.11 Å². The summed E-state index contributed by atoms with van der Waals surface area (Å²) in [6, 6.07) is 8.18. The molecule has 2 atom stereocenters. The number of aryl methyl sites for hydroxylation is 1. The predicted molar refractivity (Wildman–Crippen MR) is 61.7 cm³/mol. The predicted octanol–water partition coefficient (Wildman–Crippen LogP) is 2.03. The number of hydrogen-bond acceptors (Lipinski definition) is 2. The summed E-state index contributed by atoms with van der Waals surface area (Å²) in [6.45, 7) is 4.23. The van der Waals surface area contributed by atoms with Crippen molar-refractivity contribution >= 4 is 0 Å². The van der Waals surface area contributed by atoms with Crippen LogP contribution in [-0.4, -0.2) is 18.2 Å². The summed E-state index contributed by atoms with van der Waals surface area (Å²) in [7, 11) is 0. The van der Waals surface area contributed by atoms with Crippen LogP contribution in [0.25, 0.3) is 0 Å². The minimum atomic E-state index is -0.296. The van der Waals surface area contributed by atoms with Gasteiger partial charge in [-0.05, 0) is 44.3 Å². The van der Waals surface area contributed by atoms with Gasteiger partial charge < -0.3 is 10.4 Å². The van der Waals surface area contributed by atoms with Gasteiger partial charge >= 0.3 is 0 Å². The number of aliphatic hydroxyl groups is 1. The van der Waals surface area contributed by atoms with Gasteiger partial charge in [0.05, 0.1) is 6.10 Å². The van der Waals surface area contributed by atoms with Crippen molar-refractivity contribution in [3.05, 3.63) is 35.4 Å². The minimum absolute atomic E-state index is 0.296. The van der Waals surface area contributed by atoms with Gasteiger partial charge in [0.25, 0.3) is 0 Å². The maximum atomic E-state index is 10.0. The highest BCUT2D eigenvalue weighted by molar-refractivity contribution is 5.23. The zero-order valence-electron chi connectivity index (χ0n) is 9.24. The lowest BCUT2D eigenvalue weighted by molar-refractivity contribution is 0.147. The molecule has 0 spiro atoms. The van der Waals surface area contributed by atoms with E-state index in [2.05, 4.69) is 24.4 Å². The van der Waals surface area contributed by atoms with E-state index in [1.165, 1.54) is 12.0 Å². The minimum Gasteiger partial charge on any atom is -0.388 e. The molecule has 1 heterocycles. The third-order valence-corrected chi connectivity index (χ3v) is 3.18. The van der Waals surface area contributed by atoms with Crippen molar-refractivity contribution in [3.8, 4) is 0 Å². The lowest BCUT2D eigenvalue weighted by Crippen LogP contribution is -2.11. The van der Waals surface area contributed by atoms with Gasteiger partial charge in [0, 0.05) is 0 Å². The number of hydrogen-bond donors (Lipinski definition) is 2. The van der Waals surface area contributed by atoms with Crippen molar-refractivity contribution in [3.63, 3.8) is 0 Å². The lowest BCUT2D eigenvalue weighted by atomic mass is 9.96. The summed E-state index contributed by atoms with van der Waals surface area (Å²) in [4.78, 5) is 0. The molecule has 2 heteroatoms. The van der Waals surface area contributed by atoms with Crippen LogP contribution in [0.5, 0.6) is 0 Å². The fourth-order valence-electron chi connectivity index (χ4n) is 2.16. The molecule has 1 aromatic rings. The number of aliphatic hydroxyl groups excluding tert-OH is 1. The molecule has 1 aromatic carbocycles. The van der Waals surface area contributed by atoms with Crippen LogP contribution in [-0.2, 0) is 0 Å². The van der Waals surface area contributed by atoms with E-state index in [0.717, 1.165) is 25.1 Å². The molecule has 2 N–H and O–H groups in total. The molecule has 1 aliphatic rings. The maximum absolute atomic E-state index is 10.0. The molecule has 2 unspecified atom stereocenters. The summed E-state index contributed by atoms with van der Waals surface area (Å²) in [5.74, 6) is 0.640. The summed E-state index contributed by atoms with van der Waals surface area (Å²) in [5, 5.41) is 13.4. The molecule has 2 rings (SSSR count). The Balaban J connectivity index is 1.94. The molecule has 0 saturated carbocycles. The highest BCUT2D eigenvalue weighted by Crippen LogP contribution is 2.24. The third-order valence-electron chi connectivity index (χ3n) is 3.18. The van der Waals surface area contributed by atoms with E-state index in [1.807, 2.05) is 12.1 Å². The Labute approximate surface area is 91.3 Å². The molecule has 0 radical (unpaired) electrons. The molecule has 2 nitrogen and oxygen atoms in total. The standard InChI is InChI=1S/C13H19NO/c1-10-2-4-12(5-3-10)13(15)8-11-6-7-14-9-11/h2-5,11,13-15H,6-9H2,1H3. The fraction of sp³-hybridized carbons (Fsp3) is 0.538. The zero-order valence-corrected chi connectivity index (χ0v) is 9.24. The summed E-state index contributed by atoms with van der Waals surface area (Å²) in [5.41, 5.74) is 2.29. The van der Waals surface area contributed by atoms with Crippen molar-refractivity contribution in [2.24, 2.45) is 5.92 Å². The molecular weight excluding hydrogens is 186 g/mol. The van der Waals surface area contributed by atoms with Crippen molar-refractivity contribution in [1.29, 1.82) is 0 Å². The van der Waals surface area contributed by atoms with Crippen LogP contribution >= 0.6 is 0 Å². The highest BCUT2D eigenvalue weighted by atomic mass is 16.3. The largest absolute Gasteiger partial charge is 0.388 e. The quantitative estimate of drug-likeness (QED) is 0.791. The van der Waals surface area contributed by atoms with Gasteiger partial charge in [0.2, 0.25) is 0 Å². The second-order valence-electron chi connectivity index (χ2n) is 4.52. The SMILES string of the molecule is Cc1ccc(C(O)CC2CCNC2)cc1. The molecule has 0 bridgehead atoms. The normalized spacial score (nSPS) is 22.9.